The molecule has 0 aliphatic rings. The van der Waals surface area contributed by atoms with Crippen molar-refractivity contribution in [3.05, 3.63) is 221 Å². The van der Waals surface area contributed by atoms with Gasteiger partial charge in [0.2, 0.25) is 0 Å². The Hall–Kier alpha value is -5.82. The molecule has 0 radical (unpaired) electrons. The third-order valence-electron chi connectivity index (χ3n) is 13.4. The number of phenols is 1. The zero-order valence-electron chi connectivity index (χ0n) is 46.4. The summed E-state index contributed by atoms with van der Waals surface area (Å²) in [7, 11) is 0. The van der Waals surface area contributed by atoms with E-state index in [0.717, 1.165) is 62.2 Å². The molecule has 3 heteroatoms. The average molecular weight is 1140 g/mol. The van der Waals surface area contributed by atoms with E-state index in [2.05, 4.69) is 239 Å². The molecule has 0 aliphatic heterocycles. The predicted molar refractivity (Wildman–Crippen MR) is 311 cm³/mol. The number of benzene rings is 5. The standard InChI is InChI=1S/C36H40N.C33H41O.Pt/c1-10-14-18-28(13-4)34-24-37-35(23-33(34)27(12-3)16-11-2)30-20-29(21-31(22-30)36(7,8)9)32-19-15-17-25(5)26(32)6;1-22(27-20-26(32(5,6)7)21-29(30(27)34)33(8,9)10)18-24-16-17-25(31(2,3)4)19-28(24)23-14-12-11-13-15-23;/h11-19,21-24H,2-3,10H2,1,4-9H3;1,11-17,19-21,34H,18H2,2-10H3;/q2*-1;+2/b18-14-,27-16+,28-13+;;. The first-order valence-electron chi connectivity index (χ1n) is 25.3. The van der Waals surface area contributed by atoms with Crippen molar-refractivity contribution < 1.29 is 26.2 Å². The zero-order chi connectivity index (χ0) is 52.6. The van der Waals surface area contributed by atoms with Crippen molar-refractivity contribution in [2.45, 2.75) is 145 Å². The van der Waals surface area contributed by atoms with Crippen LogP contribution < -0.4 is 0 Å². The van der Waals surface area contributed by atoms with Crippen LogP contribution >= 0.6 is 0 Å². The maximum atomic E-state index is 11.3. The van der Waals surface area contributed by atoms with Gasteiger partial charge >= 0.3 is 21.1 Å². The van der Waals surface area contributed by atoms with Gasteiger partial charge in [0.05, 0.1) is 0 Å². The Bertz CT molecular complexity index is 2980. The summed E-state index contributed by atoms with van der Waals surface area (Å²) in [5, 5.41) is 11.3. The molecule has 5 aromatic carbocycles. The summed E-state index contributed by atoms with van der Waals surface area (Å²) in [5.74, 6) is 0.297. The van der Waals surface area contributed by atoms with E-state index in [9.17, 15) is 5.11 Å². The van der Waals surface area contributed by atoms with Gasteiger partial charge in [-0.25, -0.2) is 5.57 Å². The Morgan fingerprint density at radius 2 is 1.29 bits per heavy atom. The fourth-order valence-corrected chi connectivity index (χ4v) is 8.65. The SMILES string of the molecule is C=C/C=C(\C=C)c1cc(-c2[c-]c(-c3cccc(C)c3C)cc(C(C)(C)C)c2)ncc1C(/C=C\CC)=C/C.[CH-]=C(Cc1ccc(C(C)(C)C)cc1-c1ccccc1)c1cc(C(C)(C)C)cc(C(C)(C)C)c1O.[Pt+2]. The zero-order valence-corrected chi connectivity index (χ0v) is 48.7. The van der Waals surface area contributed by atoms with Crippen molar-refractivity contribution in [2.24, 2.45) is 0 Å². The largest absolute Gasteiger partial charge is 2.00 e. The van der Waals surface area contributed by atoms with Crippen LogP contribution in [0.4, 0.5) is 0 Å². The Morgan fingerprint density at radius 1 is 0.667 bits per heavy atom. The van der Waals surface area contributed by atoms with Gasteiger partial charge in [-0.3, -0.25) is 11.6 Å². The first kappa shape index (κ1) is 58.7. The molecule has 72 heavy (non-hydrogen) atoms. The van der Waals surface area contributed by atoms with Crippen molar-refractivity contribution >= 4 is 16.7 Å². The molecule has 0 spiro atoms. The smallest absolute Gasteiger partial charge is 0.526 e. The van der Waals surface area contributed by atoms with E-state index in [-0.39, 0.29) is 42.7 Å². The van der Waals surface area contributed by atoms with Crippen LogP contribution in [0.1, 0.15) is 159 Å². The number of hydrogen-bond donors (Lipinski definition) is 1. The van der Waals surface area contributed by atoms with Crippen LogP contribution in [0.5, 0.6) is 5.75 Å². The molecule has 0 amide bonds. The number of phenolic OH excluding ortho intramolecular Hbond substituents is 1. The summed E-state index contributed by atoms with van der Waals surface area (Å²) in [5.41, 5.74) is 20.5. The summed E-state index contributed by atoms with van der Waals surface area (Å²) in [4.78, 5) is 4.97. The number of nitrogens with zero attached hydrogens (tertiary/aromatic N) is 1. The van der Waals surface area contributed by atoms with Gasteiger partial charge in [-0.15, -0.1) is 41.0 Å². The summed E-state index contributed by atoms with van der Waals surface area (Å²) >= 11 is 0. The van der Waals surface area contributed by atoms with E-state index >= 15 is 0 Å². The number of aromatic hydroxyl groups is 1. The average Bonchev–Trinajstić information content (AvgIpc) is 3.31. The van der Waals surface area contributed by atoms with Gasteiger partial charge in [0.25, 0.3) is 0 Å². The van der Waals surface area contributed by atoms with Crippen molar-refractivity contribution in [3.8, 4) is 39.3 Å². The minimum absolute atomic E-state index is 0. The monoisotopic (exact) mass is 1130 g/mol. The van der Waals surface area contributed by atoms with Crippen LogP contribution in [0.25, 0.3) is 50.2 Å². The Labute approximate surface area is 450 Å². The van der Waals surface area contributed by atoms with E-state index in [1.807, 2.05) is 30.5 Å². The first-order valence-corrected chi connectivity index (χ1v) is 25.3. The third-order valence-corrected chi connectivity index (χ3v) is 13.4. The number of aryl methyl sites for hydroxylation is 1. The molecule has 0 saturated heterocycles. The fraction of sp³-hybridized carbons (Fsp3) is 0.319. The molecule has 0 bridgehead atoms. The maximum absolute atomic E-state index is 11.3. The molecule has 0 atom stereocenters. The van der Waals surface area contributed by atoms with E-state index in [1.165, 1.54) is 44.5 Å². The van der Waals surface area contributed by atoms with Gasteiger partial charge in [0.1, 0.15) is 0 Å². The molecule has 6 aromatic rings. The fourth-order valence-electron chi connectivity index (χ4n) is 8.65. The van der Waals surface area contributed by atoms with E-state index in [1.54, 1.807) is 0 Å². The molecular formula is C69H81NOPt. The van der Waals surface area contributed by atoms with Gasteiger partial charge in [-0.2, -0.15) is 0 Å². The first-order chi connectivity index (χ1) is 33.2. The van der Waals surface area contributed by atoms with Crippen LogP contribution in [-0.4, -0.2) is 10.1 Å². The van der Waals surface area contributed by atoms with Gasteiger partial charge in [0.15, 0.2) is 0 Å². The number of hydrogen-bond acceptors (Lipinski definition) is 2. The maximum Gasteiger partial charge on any atom is 2.00 e. The number of aromatic nitrogens is 1. The van der Waals surface area contributed by atoms with Crippen LogP contribution in [0.15, 0.2) is 153 Å². The number of pyridine rings is 1. The second kappa shape index (κ2) is 24.3. The van der Waals surface area contributed by atoms with Crippen LogP contribution in [0.3, 0.4) is 0 Å². The molecule has 6 rings (SSSR count). The second-order valence-electron chi connectivity index (χ2n) is 23.0. The molecule has 0 aliphatic carbocycles. The van der Waals surface area contributed by atoms with Crippen LogP contribution in [-0.2, 0) is 49.1 Å². The van der Waals surface area contributed by atoms with E-state index in [4.69, 9.17) is 11.6 Å². The Balaban J connectivity index is 0.000000309. The Kier molecular flexibility index (Phi) is 19.8. The number of allylic oxidation sites excluding steroid dienone is 9. The van der Waals surface area contributed by atoms with Crippen molar-refractivity contribution in [3.63, 3.8) is 0 Å². The van der Waals surface area contributed by atoms with Crippen LogP contribution in [0, 0.1) is 26.5 Å². The van der Waals surface area contributed by atoms with Crippen molar-refractivity contribution in [2.75, 3.05) is 0 Å². The molecule has 2 nitrogen and oxygen atoms in total. The van der Waals surface area contributed by atoms with Gasteiger partial charge in [-0.05, 0) is 99.8 Å². The van der Waals surface area contributed by atoms with Crippen molar-refractivity contribution in [1.82, 2.24) is 4.98 Å². The molecule has 378 valence electrons. The topological polar surface area (TPSA) is 33.1 Å². The summed E-state index contributed by atoms with van der Waals surface area (Å²) in [6, 6.07) is 38.3. The van der Waals surface area contributed by atoms with Gasteiger partial charge < -0.3 is 5.11 Å². The molecule has 0 saturated carbocycles. The third kappa shape index (κ3) is 14.4. The predicted octanol–water partition coefficient (Wildman–Crippen LogP) is 19.3. The molecule has 1 heterocycles. The number of rotatable bonds is 12. The molecule has 0 unspecified atom stereocenters. The Morgan fingerprint density at radius 3 is 1.86 bits per heavy atom. The quantitative estimate of drug-likeness (QED) is 0.0979. The van der Waals surface area contributed by atoms with E-state index in [0.29, 0.717) is 17.7 Å². The minimum atomic E-state index is -0.191. The van der Waals surface area contributed by atoms with Crippen LogP contribution in [0.2, 0.25) is 0 Å². The molecule has 1 aromatic heterocycles. The molecular weight excluding hydrogens is 1050 g/mol. The van der Waals surface area contributed by atoms with Gasteiger partial charge in [0, 0.05) is 23.2 Å². The minimum Gasteiger partial charge on any atom is -0.526 e. The normalized spacial score (nSPS) is 12.5. The molecule has 1 N–H and O–H groups in total. The summed E-state index contributed by atoms with van der Waals surface area (Å²) < 4.78 is 0. The second-order valence-corrected chi connectivity index (χ2v) is 23.0. The van der Waals surface area contributed by atoms with Crippen molar-refractivity contribution in [1.29, 1.82) is 0 Å². The van der Waals surface area contributed by atoms with Gasteiger partial charge in [-0.1, -0.05) is 246 Å². The van der Waals surface area contributed by atoms with E-state index < -0.39 is 0 Å². The summed E-state index contributed by atoms with van der Waals surface area (Å²) in [6.45, 7) is 49.8. The summed E-state index contributed by atoms with van der Waals surface area (Å²) in [6.07, 6.45) is 15.7. The molecule has 0 fully saturated rings.